The molecule has 13 heteroatoms. The Hall–Kier alpha value is -2.56. The number of aromatic nitrogens is 1. The van der Waals surface area contributed by atoms with E-state index in [0.717, 1.165) is 37.9 Å². The van der Waals surface area contributed by atoms with Crippen molar-refractivity contribution in [3.63, 3.8) is 0 Å². The van der Waals surface area contributed by atoms with Crippen LogP contribution in [0, 0.1) is 0 Å². The Morgan fingerprint density at radius 3 is 2.50 bits per heavy atom. The highest BCUT2D eigenvalue weighted by atomic mass is 35.5. The van der Waals surface area contributed by atoms with E-state index < -0.39 is 32.1 Å². The first-order valence-corrected chi connectivity index (χ1v) is 14.2. The summed E-state index contributed by atoms with van der Waals surface area (Å²) < 4.78 is 5.51. The number of pyridine rings is 1. The molecule has 11 nitrogen and oxygen atoms in total. The molecule has 0 fully saturated rings. The lowest BCUT2D eigenvalue weighted by atomic mass is 10.1. The summed E-state index contributed by atoms with van der Waals surface area (Å²) in [6.07, 6.45) is 2.60. The van der Waals surface area contributed by atoms with Gasteiger partial charge in [-0.05, 0) is 70.1 Å². The van der Waals surface area contributed by atoms with Crippen LogP contribution in [0.1, 0.15) is 46.5 Å². The van der Waals surface area contributed by atoms with E-state index in [9.17, 15) is 14.4 Å². The lowest BCUT2D eigenvalue weighted by Gasteiger charge is -2.30. The van der Waals surface area contributed by atoms with Crippen molar-refractivity contribution in [2.45, 2.75) is 58.3 Å². The minimum absolute atomic E-state index is 0.0888. The number of ether oxygens (including phenoxy) is 1. The van der Waals surface area contributed by atoms with Crippen molar-refractivity contribution in [1.82, 2.24) is 15.2 Å². The monoisotopic (exact) mass is 570 g/mol. The van der Waals surface area contributed by atoms with Gasteiger partial charge in [0.25, 0.3) is 0 Å². The van der Waals surface area contributed by atoms with Gasteiger partial charge in [0, 0.05) is 29.1 Å². The van der Waals surface area contributed by atoms with Gasteiger partial charge in [-0.3, -0.25) is 14.7 Å². The van der Waals surface area contributed by atoms with Crippen molar-refractivity contribution in [3.05, 3.63) is 35.5 Å². The number of carboxylic acids is 1. The minimum atomic E-state index is -2.88. The van der Waals surface area contributed by atoms with Gasteiger partial charge in [-0.1, -0.05) is 25.4 Å². The molecule has 0 aliphatic rings. The number of hydrogen-bond acceptors (Lipinski definition) is 8. The fraction of sp³-hybridized carbons (Fsp3) is 0.520. The summed E-state index contributed by atoms with van der Waals surface area (Å²) in [6.45, 7) is 8.89. The molecule has 0 bridgehead atoms. The first kappa shape index (κ1) is 31.7. The third kappa shape index (κ3) is 9.32. The number of halogens is 1. The number of nitrogens with one attached hydrogen (secondary N) is 1. The number of carbonyl (C=O) groups excluding carboxylic acids is 2. The third-order valence-corrected chi connectivity index (χ3v) is 7.15. The molecule has 1 aromatic carbocycles. The second kappa shape index (κ2) is 15.8. The molecular weight excluding hydrogens is 535 g/mol. The molecule has 0 aliphatic heterocycles. The van der Waals surface area contributed by atoms with Crippen LogP contribution >= 0.6 is 20.0 Å². The summed E-state index contributed by atoms with van der Waals surface area (Å²) in [7, 11) is -2.88. The van der Waals surface area contributed by atoms with E-state index in [2.05, 4.69) is 29.0 Å². The number of benzene rings is 1. The van der Waals surface area contributed by atoms with E-state index in [-0.39, 0.29) is 25.5 Å². The van der Waals surface area contributed by atoms with Gasteiger partial charge in [0.05, 0.1) is 17.8 Å². The zero-order valence-electron chi connectivity index (χ0n) is 21.8. The molecule has 0 saturated heterocycles. The summed E-state index contributed by atoms with van der Waals surface area (Å²) >= 11 is 6.14. The van der Waals surface area contributed by atoms with E-state index in [1.165, 1.54) is 0 Å². The maximum atomic E-state index is 13.3. The molecule has 0 saturated carbocycles. The highest BCUT2D eigenvalue weighted by Crippen LogP contribution is 2.31. The summed E-state index contributed by atoms with van der Waals surface area (Å²) in [4.78, 5) is 62.9. The van der Waals surface area contributed by atoms with Gasteiger partial charge in [-0.2, -0.15) is 0 Å². The highest BCUT2D eigenvalue weighted by Gasteiger charge is 2.28. The predicted molar refractivity (Wildman–Crippen MR) is 147 cm³/mol. The molecule has 2 atom stereocenters. The molecule has 210 valence electrons. The Kier molecular flexibility index (Phi) is 13.1. The van der Waals surface area contributed by atoms with E-state index >= 15 is 0 Å². The minimum Gasteiger partial charge on any atom is -0.479 e. The molecule has 1 heterocycles. The van der Waals surface area contributed by atoms with Gasteiger partial charge in [0.15, 0.2) is 5.78 Å². The molecule has 0 aliphatic carbocycles. The Morgan fingerprint density at radius 2 is 1.87 bits per heavy atom. The van der Waals surface area contributed by atoms with Gasteiger partial charge in [-0.15, -0.1) is 0 Å². The van der Waals surface area contributed by atoms with Crippen LogP contribution in [0.5, 0.6) is 0 Å². The van der Waals surface area contributed by atoms with Crippen LogP contribution in [0.15, 0.2) is 30.5 Å². The van der Waals surface area contributed by atoms with Crippen LogP contribution in [0.4, 0.5) is 10.5 Å². The normalized spacial score (nSPS) is 12.9. The average molecular weight is 571 g/mol. The lowest BCUT2D eigenvalue weighted by Crippen LogP contribution is -2.40. The number of fused-ring (bicyclic) bond motifs is 1. The lowest BCUT2D eigenvalue weighted by molar-refractivity contribution is -0.139. The topological polar surface area (TPSA) is 153 Å². The smallest absolute Gasteiger partial charge is 0.414 e. The van der Waals surface area contributed by atoms with Crippen molar-refractivity contribution in [2.75, 3.05) is 31.1 Å². The number of hydrogen-bond donors (Lipinski definition) is 4. The molecule has 2 amide bonds. The third-order valence-electron chi connectivity index (χ3n) is 6.11. The second-order valence-corrected chi connectivity index (χ2v) is 10.3. The Morgan fingerprint density at radius 1 is 1.16 bits per heavy atom. The maximum absolute atomic E-state index is 13.3. The van der Waals surface area contributed by atoms with Crippen LogP contribution in [-0.2, 0) is 14.3 Å². The van der Waals surface area contributed by atoms with Gasteiger partial charge < -0.3 is 29.8 Å². The molecule has 0 radical (unpaired) electrons. The zero-order chi connectivity index (χ0) is 28.2. The van der Waals surface area contributed by atoms with E-state index in [1.807, 2.05) is 13.0 Å². The molecule has 4 N–H and O–H groups in total. The molecule has 0 spiro atoms. The van der Waals surface area contributed by atoms with Gasteiger partial charge in [-0.25, -0.2) is 9.59 Å². The van der Waals surface area contributed by atoms with Crippen LogP contribution < -0.4 is 10.2 Å². The van der Waals surface area contributed by atoms with Crippen LogP contribution in [-0.4, -0.2) is 80.8 Å². The largest absolute Gasteiger partial charge is 0.479 e. The fourth-order valence-corrected chi connectivity index (χ4v) is 4.64. The van der Waals surface area contributed by atoms with Gasteiger partial charge >= 0.3 is 12.1 Å². The summed E-state index contributed by atoms with van der Waals surface area (Å²) in [5.74, 6) is -4.01. The Balaban J connectivity index is 2.11. The Labute approximate surface area is 228 Å². The van der Waals surface area contributed by atoms with Crippen LogP contribution in [0.3, 0.4) is 0 Å². The molecule has 2 rings (SSSR count). The molecular formula is C25H36ClN4O7P. The first-order valence-electron chi connectivity index (χ1n) is 12.5. The highest BCUT2D eigenvalue weighted by molar-refractivity contribution is 7.47. The summed E-state index contributed by atoms with van der Waals surface area (Å²) in [6, 6.07) is 6.82. The number of nitrogens with zero attached hydrogens (tertiary/aromatic N) is 3. The number of carbonyl (C=O) groups is 3. The molecule has 2 unspecified atom stereocenters. The molecule has 38 heavy (non-hydrogen) atoms. The van der Waals surface area contributed by atoms with E-state index in [0.29, 0.717) is 16.2 Å². The van der Waals surface area contributed by atoms with Crippen molar-refractivity contribution in [1.29, 1.82) is 0 Å². The Bertz CT molecular complexity index is 1090. The van der Waals surface area contributed by atoms with Crippen molar-refractivity contribution in [3.8, 4) is 0 Å². The average Bonchev–Trinajstić information content (AvgIpc) is 2.87. The fourth-order valence-electron chi connectivity index (χ4n) is 4.02. The number of aliphatic carboxylic acids is 1. The van der Waals surface area contributed by atoms with Crippen molar-refractivity contribution >= 4 is 54.5 Å². The standard InChI is InChI=1S/C25H36ClN4O7P/c1-4-29(5-2)14-6-8-17(3)30(21-12-13-27-20-16-18(26)10-11-19(20)21)25(34)37-15-7-9-22(31)28-23(24(32)33)38(35)36/h10-13,16-17,23,35-36H,4-9,14-15H2,1-3H3,(H,28,31)(H,32,33). The van der Waals surface area contributed by atoms with Crippen LogP contribution in [0.25, 0.3) is 10.9 Å². The number of carboxylic acid groups (broad SMARTS) is 1. The van der Waals surface area contributed by atoms with E-state index in [4.69, 9.17) is 31.2 Å². The number of rotatable bonds is 15. The maximum Gasteiger partial charge on any atom is 0.414 e. The predicted octanol–water partition coefficient (Wildman–Crippen LogP) is 3.95. The quantitative estimate of drug-likeness (QED) is 0.184. The first-order chi connectivity index (χ1) is 18.1. The number of anilines is 1. The molecule has 1 aromatic heterocycles. The second-order valence-electron chi connectivity index (χ2n) is 8.73. The van der Waals surface area contributed by atoms with E-state index in [1.54, 1.807) is 29.3 Å². The molecule has 2 aromatic rings. The van der Waals surface area contributed by atoms with Crippen molar-refractivity contribution in [2.24, 2.45) is 0 Å². The van der Waals surface area contributed by atoms with Gasteiger partial charge in [0.1, 0.15) is 0 Å². The summed E-state index contributed by atoms with van der Waals surface area (Å²) in [5.41, 5.74) is 1.27. The SMILES string of the molecule is CCN(CC)CCCC(C)N(C(=O)OCCCC(=O)NC(C(=O)O)P(O)O)c1ccnc2cc(Cl)ccc12. The number of amides is 2. The van der Waals surface area contributed by atoms with Crippen LogP contribution in [0.2, 0.25) is 5.02 Å². The van der Waals surface area contributed by atoms with Gasteiger partial charge in [0.2, 0.25) is 14.3 Å². The zero-order valence-corrected chi connectivity index (χ0v) is 23.5. The summed E-state index contributed by atoms with van der Waals surface area (Å²) in [5, 5.41) is 12.3. The van der Waals surface area contributed by atoms with Crippen molar-refractivity contribution < 1.29 is 34.0 Å².